The van der Waals surface area contributed by atoms with Crippen LogP contribution in [0.15, 0.2) is 232 Å². The van der Waals surface area contributed by atoms with E-state index < -0.39 is 32.3 Å². The van der Waals surface area contributed by atoms with Gasteiger partial charge >= 0.3 is 21.1 Å². The fourth-order valence-corrected chi connectivity index (χ4v) is 10.9. The van der Waals surface area contributed by atoms with Crippen molar-refractivity contribution < 1.29 is 29.4 Å². The highest BCUT2D eigenvalue weighted by Crippen LogP contribution is 2.44. The largest absolute Gasteiger partial charge is 0.494 e. The van der Waals surface area contributed by atoms with Crippen molar-refractivity contribution in [1.82, 2.24) is 19.9 Å². The van der Waals surface area contributed by atoms with Gasteiger partial charge < -0.3 is 27.9 Å². The molecule has 10 aromatic rings. The lowest BCUT2D eigenvalue weighted by Gasteiger charge is -2.32. The quantitative estimate of drug-likeness (QED) is 0.123. The minimum absolute atomic E-state index is 0. The van der Waals surface area contributed by atoms with Crippen molar-refractivity contribution in [3.8, 4) is 89.0 Å². The average molecular weight is 1200 g/mol. The Bertz CT molecular complexity index is 3780. The van der Waals surface area contributed by atoms with Crippen molar-refractivity contribution >= 4 is 38.2 Å². The van der Waals surface area contributed by atoms with Crippen LogP contribution in [0.5, 0.6) is 0 Å². The maximum absolute atomic E-state index is 6.54. The summed E-state index contributed by atoms with van der Waals surface area (Å²) in [6, 6.07) is 63.1. The highest BCUT2D eigenvalue weighted by atomic mass is 35.5. The first-order chi connectivity index (χ1) is 41.9. The Hall–Kier alpha value is -7.84. The normalized spacial score (nSPS) is 17.2. The SMILES string of the molecule is C.CC1(C)OB(B2OC(C)(C)C(C)(C)O2)OC1(C)C.CC1(C)OB(c2cc(-c3cccc(-c4cccnc4)c3)cc(-c3cccc(-c4cccnc4)c3)c2)OC1(C)C.Clc1cc(-c2cccc(-c3cccnc3)c2)cc(-c2cccc(-c3cccnc3)c2)c1.[HH]. The van der Waals surface area contributed by atoms with Gasteiger partial charge in [-0.2, -0.15) is 0 Å². The predicted molar refractivity (Wildman–Crippen MR) is 369 cm³/mol. The molecule has 10 nitrogen and oxygen atoms in total. The Labute approximate surface area is 534 Å². The van der Waals surface area contributed by atoms with Gasteiger partial charge in [-0.25, -0.2) is 0 Å². The van der Waals surface area contributed by atoms with Crippen molar-refractivity contribution in [3.05, 3.63) is 237 Å². The van der Waals surface area contributed by atoms with Gasteiger partial charge in [0.05, 0.1) is 33.6 Å². The number of hydrogen-bond donors (Lipinski definition) is 0. The van der Waals surface area contributed by atoms with Gasteiger partial charge in [0.2, 0.25) is 0 Å². The van der Waals surface area contributed by atoms with Crippen molar-refractivity contribution in [2.24, 2.45) is 0 Å². The van der Waals surface area contributed by atoms with E-state index >= 15 is 0 Å². The molecular formula is C75H80B3ClN4O6. The van der Waals surface area contributed by atoms with Gasteiger partial charge in [-0.05, 0) is 228 Å². The zero-order chi connectivity index (χ0) is 62.1. The van der Waals surface area contributed by atoms with Crippen LogP contribution in [0.1, 0.15) is 91.9 Å². The second kappa shape index (κ2) is 25.9. The summed E-state index contributed by atoms with van der Waals surface area (Å²) in [4.78, 5) is 17.1. The third-order valence-electron chi connectivity index (χ3n) is 17.9. The van der Waals surface area contributed by atoms with E-state index in [1.54, 1.807) is 24.8 Å². The molecule has 14 heteroatoms. The summed E-state index contributed by atoms with van der Waals surface area (Å²) in [5.41, 5.74) is 16.5. The van der Waals surface area contributed by atoms with Gasteiger partial charge in [0.15, 0.2) is 0 Å². The second-order valence-corrected chi connectivity index (χ2v) is 26.1. The van der Waals surface area contributed by atoms with Gasteiger partial charge in [0.25, 0.3) is 0 Å². The van der Waals surface area contributed by atoms with Crippen LogP contribution in [0.3, 0.4) is 0 Å². The second-order valence-electron chi connectivity index (χ2n) is 25.7. The number of aromatic nitrogens is 4. The number of rotatable bonds is 10. The molecule has 0 N–H and O–H groups in total. The molecular weight excluding hydrogens is 1120 g/mol. The molecule has 452 valence electrons. The summed E-state index contributed by atoms with van der Waals surface area (Å²) in [7, 11) is -1.41. The predicted octanol–water partition coefficient (Wildman–Crippen LogP) is 18.4. The van der Waals surface area contributed by atoms with Crippen LogP contribution in [0.4, 0.5) is 0 Å². The topological polar surface area (TPSA) is 107 Å². The zero-order valence-electron chi connectivity index (χ0n) is 52.3. The fourth-order valence-electron chi connectivity index (χ4n) is 10.7. The van der Waals surface area contributed by atoms with E-state index in [2.05, 4.69) is 193 Å². The molecule has 3 aliphatic rings. The molecule has 0 bridgehead atoms. The van der Waals surface area contributed by atoms with Crippen LogP contribution >= 0.6 is 11.6 Å². The highest BCUT2D eigenvalue weighted by Gasteiger charge is 2.64. The molecule has 0 aliphatic carbocycles. The molecule has 3 fully saturated rings. The molecule has 3 saturated heterocycles. The molecule has 7 heterocycles. The lowest BCUT2D eigenvalue weighted by Crippen LogP contribution is -2.41. The Balaban J connectivity index is 0.000000169. The van der Waals surface area contributed by atoms with Crippen LogP contribution in [-0.2, 0) is 27.9 Å². The summed E-state index contributed by atoms with van der Waals surface area (Å²) in [5.74, 6) is 0. The van der Waals surface area contributed by atoms with E-state index in [0.29, 0.717) is 5.02 Å². The maximum atomic E-state index is 6.54. The lowest BCUT2D eigenvalue weighted by molar-refractivity contribution is 0.00578. The number of benzene rings is 6. The fraction of sp³-hybridized carbons (Fsp3) is 0.253. The van der Waals surface area contributed by atoms with Gasteiger partial charge in [0.1, 0.15) is 0 Å². The van der Waals surface area contributed by atoms with Gasteiger partial charge in [-0.15, -0.1) is 0 Å². The number of pyridine rings is 4. The molecule has 0 radical (unpaired) electrons. The van der Waals surface area contributed by atoms with Crippen molar-refractivity contribution in [3.63, 3.8) is 0 Å². The average Bonchev–Trinajstić information content (AvgIpc) is 1.81. The molecule has 6 aromatic carbocycles. The van der Waals surface area contributed by atoms with E-state index in [1.807, 2.05) is 117 Å². The molecule has 0 atom stereocenters. The Morgan fingerprint density at radius 1 is 0.281 bits per heavy atom. The van der Waals surface area contributed by atoms with E-state index in [-0.39, 0.29) is 31.3 Å². The maximum Gasteiger partial charge on any atom is 0.494 e. The van der Waals surface area contributed by atoms with Crippen molar-refractivity contribution in [1.29, 1.82) is 0 Å². The van der Waals surface area contributed by atoms with Crippen molar-refractivity contribution in [2.45, 2.75) is 124 Å². The molecule has 0 saturated carbocycles. The van der Waals surface area contributed by atoms with Gasteiger partial charge in [-0.1, -0.05) is 128 Å². The third-order valence-corrected chi connectivity index (χ3v) is 18.1. The van der Waals surface area contributed by atoms with Gasteiger partial charge in [0, 0.05) is 78.3 Å². The van der Waals surface area contributed by atoms with Crippen molar-refractivity contribution in [2.75, 3.05) is 0 Å². The molecule has 3 aliphatic heterocycles. The van der Waals surface area contributed by atoms with Crippen LogP contribution in [0.25, 0.3) is 89.0 Å². The number of hydrogen-bond acceptors (Lipinski definition) is 10. The van der Waals surface area contributed by atoms with Gasteiger partial charge in [-0.3, -0.25) is 19.9 Å². The number of halogens is 1. The van der Waals surface area contributed by atoms with Crippen LogP contribution < -0.4 is 5.46 Å². The highest BCUT2D eigenvalue weighted by molar-refractivity contribution is 7.11. The summed E-state index contributed by atoms with van der Waals surface area (Å²) < 4.78 is 36.8. The lowest BCUT2D eigenvalue weighted by atomic mass is 9.49. The van der Waals surface area contributed by atoms with Crippen LogP contribution in [-0.4, -0.2) is 74.7 Å². The molecule has 0 amide bonds. The van der Waals surface area contributed by atoms with Crippen LogP contribution in [0.2, 0.25) is 5.02 Å². The number of nitrogens with zero attached hydrogens (tertiary/aromatic N) is 4. The minimum atomic E-state index is -0.476. The summed E-state index contributed by atoms with van der Waals surface area (Å²) >= 11 is 6.54. The first-order valence-electron chi connectivity index (χ1n) is 30.0. The Morgan fingerprint density at radius 3 is 0.742 bits per heavy atom. The molecule has 0 spiro atoms. The summed E-state index contributed by atoms with van der Waals surface area (Å²) in [6.07, 6.45) is 14.7. The summed E-state index contributed by atoms with van der Waals surface area (Å²) in [5, 5.41) is 0.714. The van der Waals surface area contributed by atoms with E-state index in [1.165, 1.54) is 0 Å². The van der Waals surface area contributed by atoms with E-state index in [9.17, 15) is 0 Å². The monoisotopic (exact) mass is 1200 g/mol. The Kier molecular flexibility index (Phi) is 18.7. The molecule has 0 unspecified atom stereocenters. The molecule has 13 rings (SSSR count). The first kappa shape index (κ1) is 64.2. The first-order valence-corrected chi connectivity index (χ1v) is 30.4. The third kappa shape index (κ3) is 14.3. The summed E-state index contributed by atoms with van der Waals surface area (Å²) in [6.45, 7) is 24.6. The Morgan fingerprint density at radius 2 is 0.494 bits per heavy atom. The minimum Gasteiger partial charge on any atom is -0.405 e. The molecule has 4 aromatic heterocycles. The van der Waals surface area contributed by atoms with E-state index in [4.69, 9.17) is 39.5 Å². The zero-order valence-corrected chi connectivity index (χ0v) is 53.0. The standard InChI is InChI=1S/C34H31BN2O2.C28H19ClN2.C12H24B2O4.CH4.H2/c1-33(2)34(3,4)39-35(38-33)32-20-30(26-11-5-9-24(17-26)28-13-7-15-36-22-28)19-31(21-32)27-12-6-10-25(18-27)29-14-8-16-37-23-29;29-28-16-26(22-7-1-5-20(13-22)24-9-3-11-30-18-24)15-27(17-28)23-8-2-6-21(14-23)25-10-4-12-31-19-25;1-9(2)10(3,4)16-13(15-9)14-17-11(5,6)12(7,8)18-14;;/h5-23H,1-4H3;1-19H;1-8H3;1H4;1H. The van der Waals surface area contributed by atoms with Crippen LogP contribution in [0, 0.1) is 0 Å². The molecule has 89 heavy (non-hydrogen) atoms. The van der Waals surface area contributed by atoms with E-state index in [0.717, 1.165) is 94.5 Å². The smallest absolute Gasteiger partial charge is 0.405 e.